The molecule has 0 fully saturated rings. The molecule has 0 saturated heterocycles. The third kappa shape index (κ3) is 2.66. The fourth-order valence-corrected chi connectivity index (χ4v) is 1.55. The summed E-state index contributed by atoms with van der Waals surface area (Å²) in [6.07, 6.45) is -4.69. The number of ether oxygens (including phenoxy) is 1. The van der Waals surface area contributed by atoms with E-state index in [2.05, 4.69) is 0 Å². The highest BCUT2D eigenvalue weighted by atomic mass is 19.4. The van der Waals surface area contributed by atoms with Crippen molar-refractivity contribution in [1.29, 1.82) is 0 Å². The predicted octanol–water partition coefficient (Wildman–Crippen LogP) is 4.36. The van der Waals surface area contributed by atoms with Gasteiger partial charge in [0.2, 0.25) is 5.82 Å². The molecule has 2 nitrogen and oxygen atoms in total. The highest BCUT2D eigenvalue weighted by Crippen LogP contribution is 2.40. The van der Waals surface area contributed by atoms with E-state index in [-0.39, 0.29) is 5.69 Å². The first kappa shape index (κ1) is 14.1. The Kier molecular flexibility index (Phi) is 3.52. The number of halogens is 5. The minimum Gasteiger partial charge on any atom is -0.451 e. The summed E-state index contributed by atoms with van der Waals surface area (Å²) in [7, 11) is 0. The van der Waals surface area contributed by atoms with Crippen LogP contribution in [0.2, 0.25) is 0 Å². The second kappa shape index (κ2) is 4.99. The molecule has 0 saturated carbocycles. The van der Waals surface area contributed by atoms with Crippen LogP contribution in [0.15, 0.2) is 36.4 Å². The summed E-state index contributed by atoms with van der Waals surface area (Å²) < 4.78 is 69.7. The van der Waals surface area contributed by atoms with Crippen molar-refractivity contribution in [2.75, 3.05) is 5.73 Å². The zero-order chi connectivity index (χ0) is 14.9. The van der Waals surface area contributed by atoms with Crippen molar-refractivity contribution in [1.82, 2.24) is 0 Å². The van der Waals surface area contributed by atoms with Crippen molar-refractivity contribution in [3.05, 3.63) is 53.6 Å². The smallest absolute Gasteiger partial charge is 0.419 e. The Hall–Kier alpha value is -2.31. The number of nitrogens with two attached hydrogens (primary N) is 1. The van der Waals surface area contributed by atoms with Crippen LogP contribution >= 0.6 is 0 Å². The van der Waals surface area contributed by atoms with Crippen molar-refractivity contribution in [2.45, 2.75) is 6.18 Å². The molecule has 106 valence electrons. The van der Waals surface area contributed by atoms with Crippen LogP contribution in [0.5, 0.6) is 11.5 Å². The standard InChI is InChI=1S/C13H8F5NO/c14-8-5-6-9(19)12(11(8)15)20-10-4-2-1-3-7(10)13(16,17)18/h1-6H,19H2. The Labute approximate surface area is 110 Å². The zero-order valence-corrected chi connectivity index (χ0v) is 9.84. The number of benzene rings is 2. The summed E-state index contributed by atoms with van der Waals surface area (Å²) in [4.78, 5) is 0. The maximum atomic E-state index is 13.5. The second-order valence-corrected chi connectivity index (χ2v) is 3.88. The van der Waals surface area contributed by atoms with Gasteiger partial charge in [-0.1, -0.05) is 12.1 Å². The van der Waals surface area contributed by atoms with Gasteiger partial charge in [0.05, 0.1) is 11.3 Å². The monoisotopic (exact) mass is 289 g/mol. The van der Waals surface area contributed by atoms with E-state index in [1.54, 1.807) is 0 Å². The first-order valence-electron chi connectivity index (χ1n) is 5.38. The quantitative estimate of drug-likeness (QED) is 0.658. The SMILES string of the molecule is Nc1ccc(F)c(F)c1Oc1ccccc1C(F)(F)F. The van der Waals surface area contributed by atoms with Gasteiger partial charge in [0.1, 0.15) is 5.75 Å². The lowest BCUT2D eigenvalue weighted by molar-refractivity contribution is -0.138. The lowest BCUT2D eigenvalue weighted by Crippen LogP contribution is -2.08. The predicted molar refractivity (Wildman–Crippen MR) is 62.3 cm³/mol. The number of hydrogen-bond acceptors (Lipinski definition) is 2. The molecule has 7 heteroatoms. The van der Waals surface area contributed by atoms with Crippen LogP contribution in [0.25, 0.3) is 0 Å². The van der Waals surface area contributed by atoms with Crippen molar-refractivity contribution in [3.8, 4) is 11.5 Å². The van der Waals surface area contributed by atoms with E-state index in [0.717, 1.165) is 30.3 Å². The van der Waals surface area contributed by atoms with Gasteiger partial charge in [0.25, 0.3) is 0 Å². The fraction of sp³-hybridized carbons (Fsp3) is 0.0769. The Morgan fingerprint density at radius 2 is 1.60 bits per heavy atom. The number of rotatable bonds is 2. The molecule has 2 aromatic rings. The summed E-state index contributed by atoms with van der Waals surface area (Å²) in [5, 5.41) is 0. The molecule has 2 N–H and O–H groups in total. The molecule has 0 atom stereocenters. The van der Waals surface area contributed by atoms with Crippen molar-refractivity contribution < 1.29 is 26.7 Å². The third-order valence-corrected chi connectivity index (χ3v) is 2.48. The average molecular weight is 289 g/mol. The fourth-order valence-electron chi connectivity index (χ4n) is 1.55. The molecule has 2 rings (SSSR count). The van der Waals surface area contributed by atoms with E-state index in [1.807, 2.05) is 0 Å². The molecule has 0 aromatic heterocycles. The van der Waals surface area contributed by atoms with Gasteiger partial charge < -0.3 is 10.5 Å². The van der Waals surface area contributed by atoms with Gasteiger partial charge in [-0.05, 0) is 24.3 Å². The molecule has 20 heavy (non-hydrogen) atoms. The Bertz CT molecular complexity index is 639. The summed E-state index contributed by atoms with van der Waals surface area (Å²) in [5.74, 6) is -4.14. The van der Waals surface area contributed by atoms with E-state index in [9.17, 15) is 22.0 Å². The minimum absolute atomic E-state index is 0.305. The minimum atomic E-state index is -4.69. The molecule has 0 heterocycles. The van der Waals surface area contributed by atoms with Crippen LogP contribution in [-0.4, -0.2) is 0 Å². The molecule has 2 aromatic carbocycles. The van der Waals surface area contributed by atoms with E-state index in [0.29, 0.717) is 0 Å². The third-order valence-electron chi connectivity index (χ3n) is 2.48. The molecule has 0 amide bonds. The van der Waals surface area contributed by atoms with Crippen molar-refractivity contribution in [3.63, 3.8) is 0 Å². The summed E-state index contributed by atoms with van der Waals surface area (Å²) in [6.45, 7) is 0. The molecular formula is C13H8F5NO. The normalized spacial score (nSPS) is 11.4. The first-order chi connectivity index (χ1) is 9.30. The summed E-state index contributed by atoms with van der Waals surface area (Å²) >= 11 is 0. The van der Waals surface area contributed by atoms with Crippen LogP contribution in [0, 0.1) is 11.6 Å². The number of hydrogen-bond donors (Lipinski definition) is 1. The second-order valence-electron chi connectivity index (χ2n) is 3.88. The van der Waals surface area contributed by atoms with Gasteiger partial charge in [-0.25, -0.2) is 4.39 Å². The van der Waals surface area contributed by atoms with Gasteiger partial charge in [0.15, 0.2) is 11.6 Å². The van der Waals surface area contributed by atoms with Crippen LogP contribution in [0.3, 0.4) is 0 Å². The number of nitrogen functional groups attached to an aromatic ring is 1. The molecule has 0 aliphatic carbocycles. The van der Waals surface area contributed by atoms with E-state index < -0.39 is 34.9 Å². The highest BCUT2D eigenvalue weighted by Gasteiger charge is 2.34. The number of anilines is 1. The van der Waals surface area contributed by atoms with E-state index >= 15 is 0 Å². The molecular weight excluding hydrogens is 281 g/mol. The van der Waals surface area contributed by atoms with Crippen molar-refractivity contribution >= 4 is 5.69 Å². The maximum absolute atomic E-state index is 13.5. The number of alkyl halides is 3. The molecule has 0 radical (unpaired) electrons. The summed E-state index contributed by atoms with van der Waals surface area (Å²) in [6, 6.07) is 5.95. The largest absolute Gasteiger partial charge is 0.451 e. The lowest BCUT2D eigenvalue weighted by atomic mass is 10.2. The maximum Gasteiger partial charge on any atom is 0.419 e. The summed E-state index contributed by atoms with van der Waals surface area (Å²) in [5.41, 5.74) is 3.97. The molecule has 0 spiro atoms. The van der Waals surface area contributed by atoms with E-state index in [4.69, 9.17) is 10.5 Å². The molecule has 0 aliphatic rings. The van der Waals surface area contributed by atoms with Crippen LogP contribution in [0.1, 0.15) is 5.56 Å². The molecule has 0 bridgehead atoms. The van der Waals surface area contributed by atoms with Gasteiger partial charge in [0, 0.05) is 0 Å². The van der Waals surface area contributed by atoms with Gasteiger partial charge in [-0.2, -0.15) is 17.6 Å². The molecule has 0 aliphatic heterocycles. The van der Waals surface area contributed by atoms with Gasteiger partial charge in [-0.3, -0.25) is 0 Å². The van der Waals surface area contributed by atoms with Crippen LogP contribution in [0.4, 0.5) is 27.6 Å². The zero-order valence-electron chi connectivity index (χ0n) is 9.84. The lowest BCUT2D eigenvalue weighted by Gasteiger charge is -2.15. The Balaban J connectivity index is 2.49. The Morgan fingerprint density at radius 1 is 0.950 bits per heavy atom. The topological polar surface area (TPSA) is 35.2 Å². The first-order valence-corrected chi connectivity index (χ1v) is 5.38. The number of para-hydroxylation sites is 1. The highest BCUT2D eigenvalue weighted by molar-refractivity contribution is 5.55. The van der Waals surface area contributed by atoms with Crippen LogP contribution in [-0.2, 0) is 6.18 Å². The molecule has 0 unspecified atom stereocenters. The van der Waals surface area contributed by atoms with Crippen molar-refractivity contribution in [2.24, 2.45) is 0 Å². The Morgan fingerprint density at radius 3 is 2.25 bits per heavy atom. The van der Waals surface area contributed by atoms with E-state index in [1.165, 1.54) is 6.07 Å². The van der Waals surface area contributed by atoms with Crippen LogP contribution < -0.4 is 10.5 Å². The van der Waals surface area contributed by atoms with Gasteiger partial charge >= 0.3 is 6.18 Å². The average Bonchev–Trinajstić information content (AvgIpc) is 2.38. The van der Waals surface area contributed by atoms with Gasteiger partial charge in [-0.15, -0.1) is 0 Å².